The molecule has 0 radical (unpaired) electrons. The van der Waals surface area contributed by atoms with Gasteiger partial charge in [0.15, 0.2) is 0 Å². The highest BCUT2D eigenvalue weighted by Crippen LogP contribution is 2.30. The van der Waals surface area contributed by atoms with Crippen LogP contribution in [0.3, 0.4) is 0 Å². The number of aromatic nitrogens is 1. The van der Waals surface area contributed by atoms with E-state index in [0.29, 0.717) is 22.1 Å². The first-order valence-corrected chi connectivity index (χ1v) is 11.8. The zero-order valence-electron chi connectivity index (χ0n) is 20.0. The summed E-state index contributed by atoms with van der Waals surface area (Å²) in [6, 6.07) is 18.3. The largest absolute Gasteiger partial charge is 0.352 e. The van der Waals surface area contributed by atoms with Crippen molar-refractivity contribution in [2.45, 2.75) is 45.7 Å². The number of rotatable bonds is 9. The number of anilines is 2. The summed E-state index contributed by atoms with van der Waals surface area (Å²) in [5.41, 5.74) is 2.19. The molecule has 182 valence electrons. The predicted octanol–water partition coefficient (Wildman–Crippen LogP) is 5.06. The summed E-state index contributed by atoms with van der Waals surface area (Å²) in [6.45, 7) is 5.66. The van der Waals surface area contributed by atoms with Crippen LogP contribution in [0.2, 0.25) is 5.02 Å². The zero-order valence-corrected chi connectivity index (χ0v) is 20.8. The number of hydrogen-bond donors (Lipinski definition) is 2. The molecule has 0 aliphatic carbocycles. The van der Waals surface area contributed by atoms with Crippen LogP contribution in [0.1, 0.15) is 43.9 Å². The topological polar surface area (TPSA) is 91.4 Å². The first-order valence-electron chi connectivity index (χ1n) is 11.4. The monoisotopic (exact) mass is 492 g/mol. The van der Waals surface area contributed by atoms with Crippen LogP contribution < -0.4 is 15.5 Å². The van der Waals surface area contributed by atoms with Crippen LogP contribution in [-0.2, 0) is 14.4 Å². The van der Waals surface area contributed by atoms with Crippen molar-refractivity contribution in [2.75, 3.05) is 10.2 Å². The number of pyridine rings is 1. The lowest BCUT2D eigenvalue weighted by atomic mass is 10.0. The highest BCUT2D eigenvalue weighted by atomic mass is 35.5. The van der Waals surface area contributed by atoms with Crippen LogP contribution >= 0.6 is 11.6 Å². The molecule has 3 rings (SSSR count). The van der Waals surface area contributed by atoms with E-state index >= 15 is 0 Å². The molecule has 0 spiro atoms. The van der Waals surface area contributed by atoms with Gasteiger partial charge in [0.2, 0.25) is 17.7 Å². The molecule has 7 nitrogen and oxygen atoms in total. The minimum absolute atomic E-state index is 0.0586. The molecule has 0 bridgehead atoms. The molecule has 3 aromatic rings. The van der Waals surface area contributed by atoms with Gasteiger partial charge in [0.25, 0.3) is 0 Å². The molecule has 2 N–H and O–H groups in total. The summed E-state index contributed by atoms with van der Waals surface area (Å²) < 4.78 is 0. The van der Waals surface area contributed by atoms with Gasteiger partial charge in [0.05, 0.1) is 0 Å². The molecule has 0 aliphatic rings. The first kappa shape index (κ1) is 25.9. The van der Waals surface area contributed by atoms with E-state index in [0.717, 1.165) is 5.56 Å². The van der Waals surface area contributed by atoms with E-state index in [1.54, 1.807) is 60.8 Å². The van der Waals surface area contributed by atoms with Gasteiger partial charge >= 0.3 is 0 Å². The van der Waals surface area contributed by atoms with E-state index in [1.165, 1.54) is 4.90 Å². The lowest BCUT2D eigenvalue weighted by Gasteiger charge is -2.32. The average Bonchev–Trinajstić information content (AvgIpc) is 2.82. The standard InChI is InChI=1S/C27H29ClN4O3/c1-18(2)30-27(35)26(20-9-11-21(28)12-10-20)32(22-13-7-19(3)8-14-22)25(34)16-15-24(33)31-23-6-4-5-17-29-23/h4-14,17-18,26H,15-16H2,1-3H3,(H,30,35)(H,29,31,33)/t26-/m0/s1. The summed E-state index contributed by atoms with van der Waals surface area (Å²) >= 11 is 6.08. The second-order valence-corrected chi connectivity index (χ2v) is 8.92. The molecular weight excluding hydrogens is 464 g/mol. The molecule has 0 saturated carbocycles. The van der Waals surface area contributed by atoms with Crippen LogP contribution in [0.15, 0.2) is 72.9 Å². The Labute approximate surface area is 210 Å². The molecule has 2 aromatic carbocycles. The Bertz CT molecular complexity index is 1150. The maximum Gasteiger partial charge on any atom is 0.248 e. The van der Waals surface area contributed by atoms with Crippen molar-refractivity contribution < 1.29 is 14.4 Å². The van der Waals surface area contributed by atoms with Crippen molar-refractivity contribution in [3.05, 3.63) is 89.1 Å². The molecule has 0 saturated heterocycles. The summed E-state index contributed by atoms with van der Waals surface area (Å²) in [7, 11) is 0. The summed E-state index contributed by atoms with van der Waals surface area (Å²) in [4.78, 5) is 44.9. The van der Waals surface area contributed by atoms with E-state index in [2.05, 4.69) is 15.6 Å². The van der Waals surface area contributed by atoms with Gasteiger partial charge in [-0.05, 0) is 62.7 Å². The molecule has 3 amide bonds. The van der Waals surface area contributed by atoms with E-state index < -0.39 is 6.04 Å². The third-order valence-corrected chi connectivity index (χ3v) is 5.45. The fourth-order valence-electron chi connectivity index (χ4n) is 3.55. The van der Waals surface area contributed by atoms with Crippen LogP contribution in [0, 0.1) is 6.92 Å². The second-order valence-electron chi connectivity index (χ2n) is 8.48. The van der Waals surface area contributed by atoms with Crippen LogP contribution in [0.5, 0.6) is 0 Å². The molecule has 1 atom stereocenters. The Morgan fingerprint density at radius 2 is 1.63 bits per heavy atom. The number of carbonyl (C=O) groups is 3. The second kappa shape index (κ2) is 12.1. The number of aryl methyl sites for hydroxylation is 1. The molecule has 1 aromatic heterocycles. The molecule has 1 heterocycles. The molecule has 35 heavy (non-hydrogen) atoms. The van der Waals surface area contributed by atoms with Gasteiger partial charge in [-0.3, -0.25) is 19.3 Å². The van der Waals surface area contributed by atoms with Gasteiger partial charge in [-0.15, -0.1) is 0 Å². The minimum atomic E-state index is -0.941. The van der Waals surface area contributed by atoms with Crippen molar-refractivity contribution in [2.24, 2.45) is 0 Å². The van der Waals surface area contributed by atoms with E-state index in [4.69, 9.17) is 11.6 Å². The summed E-state index contributed by atoms with van der Waals surface area (Å²) in [5, 5.41) is 6.13. The maximum absolute atomic E-state index is 13.6. The van der Waals surface area contributed by atoms with Gasteiger partial charge in [-0.25, -0.2) is 4.98 Å². The molecule has 8 heteroatoms. The average molecular weight is 493 g/mol. The molecule has 0 unspecified atom stereocenters. The molecular formula is C27H29ClN4O3. The number of hydrogen-bond acceptors (Lipinski definition) is 4. The Morgan fingerprint density at radius 3 is 2.23 bits per heavy atom. The van der Waals surface area contributed by atoms with Crippen molar-refractivity contribution >= 4 is 40.8 Å². The van der Waals surface area contributed by atoms with Gasteiger partial charge in [0, 0.05) is 35.8 Å². The van der Waals surface area contributed by atoms with E-state index in [1.807, 2.05) is 32.9 Å². The van der Waals surface area contributed by atoms with Crippen molar-refractivity contribution in [3.8, 4) is 0 Å². The Hall–Kier alpha value is -3.71. The normalized spacial score (nSPS) is 11.6. The Morgan fingerprint density at radius 1 is 0.943 bits per heavy atom. The quantitative estimate of drug-likeness (QED) is 0.436. The number of amides is 3. The Balaban J connectivity index is 1.92. The summed E-state index contributed by atoms with van der Waals surface area (Å²) in [6.07, 6.45) is 1.42. The fraction of sp³-hybridized carbons (Fsp3) is 0.259. The van der Waals surface area contributed by atoms with E-state index in [-0.39, 0.29) is 36.6 Å². The number of halogens is 1. The highest BCUT2D eigenvalue weighted by Gasteiger charge is 2.33. The van der Waals surface area contributed by atoms with Crippen LogP contribution in [0.4, 0.5) is 11.5 Å². The highest BCUT2D eigenvalue weighted by molar-refractivity contribution is 6.30. The van der Waals surface area contributed by atoms with Gasteiger partial charge in [-0.2, -0.15) is 0 Å². The number of benzene rings is 2. The van der Waals surface area contributed by atoms with E-state index in [9.17, 15) is 14.4 Å². The maximum atomic E-state index is 13.6. The van der Waals surface area contributed by atoms with Crippen molar-refractivity contribution in [1.82, 2.24) is 10.3 Å². The molecule has 0 aliphatic heterocycles. The third kappa shape index (κ3) is 7.39. The van der Waals surface area contributed by atoms with Crippen LogP contribution in [-0.4, -0.2) is 28.7 Å². The number of nitrogens with one attached hydrogen (secondary N) is 2. The Kier molecular flexibility index (Phi) is 8.98. The van der Waals surface area contributed by atoms with Gasteiger partial charge in [0.1, 0.15) is 11.9 Å². The number of carbonyl (C=O) groups excluding carboxylic acids is 3. The minimum Gasteiger partial charge on any atom is -0.352 e. The fourth-order valence-corrected chi connectivity index (χ4v) is 3.68. The van der Waals surface area contributed by atoms with Crippen LogP contribution in [0.25, 0.3) is 0 Å². The van der Waals surface area contributed by atoms with Crippen molar-refractivity contribution in [3.63, 3.8) is 0 Å². The lowest BCUT2D eigenvalue weighted by Crippen LogP contribution is -2.46. The third-order valence-electron chi connectivity index (χ3n) is 5.20. The number of nitrogens with zero attached hydrogens (tertiary/aromatic N) is 2. The molecule has 0 fully saturated rings. The van der Waals surface area contributed by atoms with Gasteiger partial charge < -0.3 is 10.6 Å². The smallest absolute Gasteiger partial charge is 0.248 e. The van der Waals surface area contributed by atoms with Gasteiger partial charge in [-0.1, -0.05) is 47.5 Å². The SMILES string of the molecule is Cc1ccc(N(C(=O)CCC(=O)Nc2ccccn2)[C@H](C(=O)NC(C)C)c2ccc(Cl)cc2)cc1. The zero-order chi connectivity index (χ0) is 25.4. The summed E-state index contributed by atoms with van der Waals surface area (Å²) in [5.74, 6) is -0.607. The predicted molar refractivity (Wildman–Crippen MR) is 138 cm³/mol. The lowest BCUT2D eigenvalue weighted by molar-refractivity contribution is -0.127. The first-order chi connectivity index (χ1) is 16.7. The van der Waals surface area contributed by atoms with Crippen molar-refractivity contribution in [1.29, 1.82) is 0 Å².